The summed E-state index contributed by atoms with van der Waals surface area (Å²) in [6.07, 6.45) is 0.634. The third kappa shape index (κ3) is 4.18. The first-order valence-corrected chi connectivity index (χ1v) is 6.89. The van der Waals surface area contributed by atoms with Crippen LogP contribution in [0.5, 0.6) is 5.75 Å². The maximum Gasteiger partial charge on any atom is 0.119 e. The minimum absolute atomic E-state index is 0.189. The molecule has 0 heterocycles. The van der Waals surface area contributed by atoms with Gasteiger partial charge in [-0.2, -0.15) is 0 Å². The minimum Gasteiger partial charge on any atom is -0.491 e. The standard InChI is InChI=1S/C15H22O5/c1-18-6-7-19-9-12(16)10-20-13-3-4-14-11(8-13)2-5-15(14)17/h3-4,8,12,15-17H,2,5-7,9-10H2,1H3/t12?,15-/m0/s1. The highest BCUT2D eigenvalue weighted by atomic mass is 16.5. The summed E-state index contributed by atoms with van der Waals surface area (Å²) in [5, 5.41) is 19.4. The SMILES string of the molecule is COCCOCC(O)COc1ccc2c(c1)CC[C@@H]2O. The van der Waals surface area contributed by atoms with Crippen molar-refractivity contribution < 1.29 is 24.4 Å². The van der Waals surface area contributed by atoms with Crippen molar-refractivity contribution in [1.82, 2.24) is 0 Å². The van der Waals surface area contributed by atoms with Crippen LogP contribution in [-0.2, 0) is 15.9 Å². The summed E-state index contributed by atoms with van der Waals surface area (Å²) in [5.41, 5.74) is 2.11. The summed E-state index contributed by atoms with van der Waals surface area (Å²) in [4.78, 5) is 0. The van der Waals surface area contributed by atoms with Crippen molar-refractivity contribution in [2.75, 3.05) is 33.5 Å². The van der Waals surface area contributed by atoms with Crippen molar-refractivity contribution >= 4 is 0 Å². The summed E-state index contributed by atoms with van der Waals surface area (Å²) in [7, 11) is 1.60. The summed E-state index contributed by atoms with van der Waals surface area (Å²) in [5.74, 6) is 0.716. The lowest BCUT2D eigenvalue weighted by atomic mass is 10.1. The Morgan fingerprint density at radius 2 is 2.15 bits per heavy atom. The number of aryl methyl sites for hydroxylation is 1. The van der Waals surface area contributed by atoms with E-state index in [1.54, 1.807) is 7.11 Å². The monoisotopic (exact) mass is 282 g/mol. The van der Waals surface area contributed by atoms with Crippen LogP contribution in [0.15, 0.2) is 18.2 Å². The molecule has 1 aromatic rings. The highest BCUT2D eigenvalue weighted by Crippen LogP contribution is 2.33. The van der Waals surface area contributed by atoms with Crippen LogP contribution < -0.4 is 4.74 Å². The molecule has 2 atom stereocenters. The predicted octanol–water partition coefficient (Wildman–Crippen LogP) is 1.07. The maximum absolute atomic E-state index is 9.72. The highest BCUT2D eigenvalue weighted by molar-refractivity contribution is 5.39. The Morgan fingerprint density at radius 1 is 1.30 bits per heavy atom. The van der Waals surface area contributed by atoms with Crippen molar-refractivity contribution in [2.24, 2.45) is 0 Å². The molecule has 1 unspecified atom stereocenters. The van der Waals surface area contributed by atoms with Gasteiger partial charge in [0, 0.05) is 7.11 Å². The second-order valence-electron chi connectivity index (χ2n) is 4.95. The third-order valence-electron chi connectivity index (χ3n) is 3.34. The normalized spacial score (nSPS) is 18.9. The molecule has 0 aliphatic heterocycles. The van der Waals surface area contributed by atoms with Gasteiger partial charge in [0.15, 0.2) is 0 Å². The fourth-order valence-corrected chi connectivity index (χ4v) is 2.26. The fraction of sp³-hybridized carbons (Fsp3) is 0.600. The van der Waals surface area contributed by atoms with Crippen LogP contribution in [0.4, 0.5) is 0 Å². The Bertz CT molecular complexity index is 421. The highest BCUT2D eigenvalue weighted by Gasteiger charge is 2.20. The topological polar surface area (TPSA) is 68.2 Å². The molecule has 0 spiro atoms. The Balaban J connectivity index is 1.74. The van der Waals surface area contributed by atoms with E-state index in [-0.39, 0.29) is 19.3 Å². The van der Waals surface area contributed by atoms with Gasteiger partial charge >= 0.3 is 0 Å². The molecule has 0 saturated carbocycles. The second kappa shape index (κ2) is 7.59. The number of aliphatic hydroxyl groups excluding tert-OH is 2. The number of aliphatic hydroxyl groups is 2. The van der Waals surface area contributed by atoms with Gasteiger partial charge in [-0.15, -0.1) is 0 Å². The van der Waals surface area contributed by atoms with Crippen LogP contribution in [0.2, 0.25) is 0 Å². The number of hydrogen-bond acceptors (Lipinski definition) is 5. The lowest BCUT2D eigenvalue weighted by Gasteiger charge is -2.13. The number of fused-ring (bicyclic) bond motifs is 1. The first kappa shape index (κ1) is 15.3. The van der Waals surface area contributed by atoms with Gasteiger partial charge in [0.05, 0.1) is 25.9 Å². The van der Waals surface area contributed by atoms with Crippen molar-refractivity contribution in [3.8, 4) is 5.75 Å². The van der Waals surface area contributed by atoms with Crippen molar-refractivity contribution in [3.63, 3.8) is 0 Å². The summed E-state index contributed by atoms with van der Waals surface area (Å²) >= 11 is 0. The van der Waals surface area contributed by atoms with Gasteiger partial charge in [-0.1, -0.05) is 6.07 Å². The smallest absolute Gasteiger partial charge is 0.119 e. The molecular weight excluding hydrogens is 260 g/mol. The van der Waals surface area contributed by atoms with E-state index in [2.05, 4.69) is 0 Å². The van der Waals surface area contributed by atoms with Gasteiger partial charge in [0.2, 0.25) is 0 Å². The number of benzene rings is 1. The van der Waals surface area contributed by atoms with E-state index in [9.17, 15) is 10.2 Å². The van der Waals surface area contributed by atoms with Crippen LogP contribution in [-0.4, -0.2) is 49.9 Å². The van der Waals surface area contributed by atoms with E-state index in [1.165, 1.54) is 0 Å². The van der Waals surface area contributed by atoms with Crippen LogP contribution >= 0.6 is 0 Å². The van der Waals surface area contributed by atoms with Gasteiger partial charge in [0.1, 0.15) is 18.5 Å². The van der Waals surface area contributed by atoms with Gasteiger partial charge in [-0.05, 0) is 36.1 Å². The van der Waals surface area contributed by atoms with Crippen LogP contribution in [0.3, 0.4) is 0 Å². The molecule has 5 nitrogen and oxygen atoms in total. The van der Waals surface area contributed by atoms with E-state index in [1.807, 2.05) is 18.2 Å². The molecule has 112 valence electrons. The Morgan fingerprint density at radius 3 is 2.95 bits per heavy atom. The average molecular weight is 282 g/mol. The van der Waals surface area contributed by atoms with E-state index < -0.39 is 6.10 Å². The zero-order valence-corrected chi connectivity index (χ0v) is 11.7. The Hall–Kier alpha value is -1.14. The van der Waals surface area contributed by atoms with Gasteiger partial charge in [0.25, 0.3) is 0 Å². The lowest BCUT2D eigenvalue weighted by molar-refractivity contribution is -0.00420. The van der Waals surface area contributed by atoms with Crippen molar-refractivity contribution in [2.45, 2.75) is 25.0 Å². The van der Waals surface area contributed by atoms with Crippen LogP contribution in [0, 0.1) is 0 Å². The minimum atomic E-state index is -0.661. The fourth-order valence-electron chi connectivity index (χ4n) is 2.26. The molecule has 0 bridgehead atoms. The quantitative estimate of drug-likeness (QED) is 0.698. The van der Waals surface area contributed by atoms with E-state index >= 15 is 0 Å². The van der Waals surface area contributed by atoms with Crippen molar-refractivity contribution in [3.05, 3.63) is 29.3 Å². The zero-order valence-electron chi connectivity index (χ0n) is 11.7. The lowest BCUT2D eigenvalue weighted by Crippen LogP contribution is -2.24. The average Bonchev–Trinajstić information content (AvgIpc) is 2.82. The summed E-state index contributed by atoms with van der Waals surface area (Å²) in [6, 6.07) is 5.65. The van der Waals surface area contributed by atoms with E-state index in [0.29, 0.717) is 19.0 Å². The van der Waals surface area contributed by atoms with Crippen LogP contribution in [0.1, 0.15) is 23.7 Å². The second-order valence-corrected chi connectivity index (χ2v) is 4.95. The van der Waals surface area contributed by atoms with Gasteiger partial charge < -0.3 is 24.4 Å². The number of methoxy groups -OCH3 is 1. The molecule has 0 amide bonds. The zero-order chi connectivity index (χ0) is 14.4. The summed E-state index contributed by atoms with van der Waals surface area (Å²) < 4.78 is 15.6. The van der Waals surface area contributed by atoms with Crippen molar-refractivity contribution in [1.29, 1.82) is 0 Å². The molecule has 2 N–H and O–H groups in total. The third-order valence-corrected chi connectivity index (χ3v) is 3.34. The largest absolute Gasteiger partial charge is 0.491 e. The molecule has 1 aliphatic rings. The molecule has 0 fully saturated rings. The summed E-state index contributed by atoms with van der Waals surface area (Å²) in [6.45, 7) is 1.40. The number of rotatable bonds is 8. The molecule has 0 saturated heterocycles. The van der Waals surface area contributed by atoms with E-state index in [0.717, 1.165) is 24.0 Å². The molecule has 1 aliphatic carbocycles. The Kier molecular flexibility index (Phi) is 5.79. The maximum atomic E-state index is 9.72. The van der Waals surface area contributed by atoms with E-state index in [4.69, 9.17) is 14.2 Å². The molecule has 1 aromatic carbocycles. The van der Waals surface area contributed by atoms with Crippen LogP contribution in [0.25, 0.3) is 0 Å². The van der Waals surface area contributed by atoms with Gasteiger partial charge in [-0.25, -0.2) is 0 Å². The molecule has 2 rings (SSSR count). The Labute approximate surface area is 119 Å². The predicted molar refractivity (Wildman–Crippen MR) is 73.9 cm³/mol. The molecule has 5 heteroatoms. The first-order valence-electron chi connectivity index (χ1n) is 6.89. The van der Waals surface area contributed by atoms with Gasteiger partial charge in [-0.3, -0.25) is 0 Å². The molecule has 0 radical (unpaired) electrons. The molecular formula is C15H22O5. The molecule has 0 aromatic heterocycles. The first-order chi connectivity index (χ1) is 9.70. The molecule has 20 heavy (non-hydrogen) atoms. The number of hydrogen-bond donors (Lipinski definition) is 2. The number of ether oxygens (including phenoxy) is 3.